The predicted octanol–water partition coefficient (Wildman–Crippen LogP) is 4.77. The Hall–Kier alpha value is -0.920. The van der Waals surface area contributed by atoms with Crippen molar-refractivity contribution in [1.29, 1.82) is 0 Å². The number of aromatic nitrogens is 2. The summed E-state index contributed by atoms with van der Waals surface area (Å²) in [5, 5.41) is 12.4. The highest BCUT2D eigenvalue weighted by Crippen LogP contribution is 2.28. The minimum Gasteiger partial charge on any atom is -0.300 e. The molecule has 0 spiro atoms. The first-order valence-electron chi connectivity index (χ1n) is 6.89. The number of nitrogens with zero attached hydrogens (tertiary/aromatic N) is 2. The van der Waals surface area contributed by atoms with Crippen LogP contribution in [0.4, 0.5) is 5.13 Å². The van der Waals surface area contributed by atoms with Gasteiger partial charge in [-0.15, -0.1) is 22.0 Å². The molecule has 0 aliphatic heterocycles. The lowest BCUT2D eigenvalue weighted by atomic mass is 10.2. The van der Waals surface area contributed by atoms with Gasteiger partial charge in [0.2, 0.25) is 11.0 Å². The van der Waals surface area contributed by atoms with Crippen molar-refractivity contribution < 1.29 is 4.79 Å². The van der Waals surface area contributed by atoms with Crippen molar-refractivity contribution in [2.75, 3.05) is 11.1 Å². The summed E-state index contributed by atoms with van der Waals surface area (Å²) in [4.78, 5) is 13.1. The Balaban J connectivity index is 1.94. The van der Waals surface area contributed by atoms with Crippen LogP contribution >= 0.6 is 39.0 Å². The molecular weight excluding hydrogens is 382 g/mol. The largest absolute Gasteiger partial charge is 0.300 e. The smallest absolute Gasteiger partial charge is 0.236 e. The van der Waals surface area contributed by atoms with Gasteiger partial charge in [-0.1, -0.05) is 41.1 Å². The number of halogens is 1. The zero-order chi connectivity index (χ0) is 16.3. The van der Waals surface area contributed by atoms with Crippen LogP contribution in [0.25, 0.3) is 0 Å². The number of carbonyl (C=O) groups excluding carboxylic acids is 1. The molecular formula is C15H18BrN3OS2. The lowest BCUT2D eigenvalue weighted by Gasteiger charge is -2.08. The minimum atomic E-state index is -0.0589. The predicted molar refractivity (Wildman–Crippen MR) is 97.0 cm³/mol. The molecule has 2 rings (SSSR count). The van der Waals surface area contributed by atoms with E-state index in [2.05, 4.69) is 57.4 Å². The van der Waals surface area contributed by atoms with Crippen LogP contribution in [-0.2, 0) is 4.79 Å². The Morgan fingerprint density at radius 2 is 2.05 bits per heavy atom. The van der Waals surface area contributed by atoms with Crippen LogP contribution in [-0.4, -0.2) is 21.9 Å². The molecule has 4 nitrogen and oxygen atoms in total. The van der Waals surface area contributed by atoms with Gasteiger partial charge in [-0.25, -0.2) is 0 Å². The summed E-state index contributed by atoms with van der Waals surface area (Å²) < 4.78 is 1.09. The van der Waals surface area contributed by atoms with Gasteiger partial charge in [-0.3, -0.25) is 10.1 Å². The normalized spacial score (nSPS) is 11.0. The maximum absolute atomic E-state index is 12.0. The topological polar surface area (TPSA) is 54.9 Å². The number of thioether (sulfide) groups is 1. The SMILES string of the molecule is Cc1cc(SCC(=O)Nc2nnc(C(C)C)s2)c(C)cc1Br. The first kappa shape index (κ1) is 17.4. The van der Waals surface area contributed by atoms with Gasteiger partial charge in [0, 0.05) is 15.3 Å². The van der Waals surface area contributed by atoms with Crippen molar-refractivity contribution >= 4 is 50.1 Å². The number of aryl methyl sites for hydroxylation is 2. The van der Waals surface area contributed by atoms with Crippen LogP contribution in [0.1, 0.15) is 35.9 Å². The molecule has 1 N–H and O–H groups in total. The molecule has 0 radical (unpaired) electrons. The van der Waals surface area contributed by atoms with Crippen LogP contribution in [0.15, 0.2) is 21.5 Å². The second-order valence-corrected chi connectivity index (χ2v) is 8.18. The van der Waals surface area contributed by atoms with Crippen LogP contribution < -0.4 is 5.32 Å². The Morgan fingerprint density at radius 1 is 1.32 bits per heavy atom. The molecule has 0 aliphatic rings. The number of anilines is 1. The van der Waals surface area contributed by atoms with Crippen molar-refractivity contribution in [3.63, 3.8) is 0 Å². The Morgan fingerprint density at radius 3 is 2.68 bits per heavy atom. The van der Waals surface area contributed by atoms with E-state index in [1.807, 2.05) is 13.8 Å². The van der Waals surface area contributed by atoms with E-state index in [1.165, 1.54) is 28.7 Å². The lowest BCUT2D eigenvalue weighted by Crippen LogP contribution is -2.13. The van der Waals surface area contributed by atoms with Crippen LogP contribution in [0.5, 0.6) is 0 Å². The van der Waals surface area contributed by atoms with E-state index in [0.29, 0.717) is 16.8 Å². The fourth-order valence-electron chi connectivity index (χ4n) is 1.73. The maximum Gasteiger partial charge on any atom is 0.236 e. The van der Waals surface area contributed by atoms with Gasteiger partial charge < -0.3 is 0 Å². The fraction of sp³-hybridized carbons (Fsp3) is 0.400. The zero-order valence-electron chi connectivity index (χ0n) is 12.9. The van der Waals surface area contributed by atoms with Gasteiger partial charge in [0.25, 0.3) is 0 Å². The number of rotatable bonds is 5. The molecule has 1 heterocycles. The molecule has 0 fully saturated rings. The molecule has 1 amide bonds. The Bertz CT molecular complexity index is 685. The summed E-state index contributed by atoms with van der Waals surface area (Å²) in [7, 11) is 0. The molecule has 0 atom stereocenters. The first-order chi connectivity index (χ1) is 10.4. The third-order valence-corrected chi connectivity index (χ3v) is 6.15. The van der Waals surface area contributed by atoms with Gasteiger partial charge in [0.1, 0.15) is 5.01 Å². The van der Waals surface area contributed by atoms with E-state index in [4.69, 9.17) is 0 Å². The van der Waals surface area contributed by atoms with Crippen molar-refractivity contribution in [3.05, 3.63) is 32.7 Å². The van der Waals surface area contributed by atoms with E-state index in [9.17, 15) is 4.79 Å². The van der Waals surface area contributed by atoms with Gasteiger partial charge in [0.15, 0.2) is 0 Å². The second kappa shape index (κ2) is 7.57. The van der Waals surface area contributed by atoms with E-state index in [1.54, 1.807) is 0 Å². The van der Waals surface area contributed by atoms with E-state index < -0.39 is 0 Å². The summed E-state index contributed by atoms with van der Waals surface area (Å²) >= 11 is 6.48. The van der Waals surface area contributed by atoms with Crippen LogP contribution in [0.2, 0.25) is 0 Å². The van der Waals surface area contributed by atoms with E-state index in [0.717, 1.165) is 19.9 Å². The molecule has 0 unspecified atom stereocenters. The molecule has 118 valence electrons. The minimum absolute atomic E-state index is 0.0589. The summed E-state index contributed by atoms with van der Waals surface area (Å²) in [6.45, 7) is 8.20. The number of carbonyl (C=O) groups is 1. The lowest BCUT2D eigenvalue weighted by molar-refractivity contribution is -0.113. The average molecular weight is 400 g/mol. The highest BCUT2D eigenvalue weighted by molar-refractivity contribution is 9.10. The summed E-state index contributed by atoms with van der Waals surface area (Å²) in [5.74, 6) is 0.626. The van der Waals surface area contributed by atoms with Gasteiger partial charge in [-0.2, -0.15) is 0 Å². The highest BCUT2D eigenvalue weighted by Gasteiger charge is 2.11. The molecule has 2 aromatic rings. The van der Waals surface area contributed by atoms with Gasteiger partial charge in [0.05, 0.1) is 5.75 Å². The fourth-order valence-corrected chi connectivity index (χ4v) is 3.85. The van der Waals surface area contributed by atoms with Crippen molar-refractivity contribution in [2.24, 2.45) is 0 Å². The quantitative estimate of drug-likeness (QED) is 0.735. The average Bonchev–Trinajstić information content (AvgIpc) is 2.90. The number of hydrogen-bond acceptors (Lipinski definition) is 5. The van der Waals surface area contributed by atoms with Crippen LogP contribution in [0.3, 0.4) is 0 Å². The number of hydrogen-bond donors (Lipinski definition) is 1. The number of benzene rings is 1. The van der Waals surface area contributed by atoms with E-state index in [-0.39, 0.29) is 5.91 Å². The zero-order valence-corrected chi connectivity index (χ0v) is 16.2. The Labute approximate surface area is 147 Å². The third-order valence-electron chi connectivity index (χ3n) is 3.00. The van der Waals surface area contributed by atoms with Crippen molar-refractivity contribution in [1.82, 2.24) is 10.2 Å². The van der Waals surface area contributed by atoms with Crippen molar-refractivity contribution in [3.8, 4) is 0 Å². The van der Waals surface area contributed by atoms with Gasteiger partial charge >= 0.3 is 0 Å². The molecule has 0 bridgehead atoms. The van der Waals surface area contributed by atoms with Gasteiger partial charge in [-0.05, 0) is 37.1 Å². The number of nitrogens with one attached hydrogen (secondary N) is 1. The molecule has 1 aromatic carbocycles. The third kappa shape index (κ3) is 4.54. The Kier molecular flexibility index (Phi) is 6.00. The molecule has 0 saturated carbocycles. The van der Waals surface area contributed by atoms with Crippen molar-refractivity contribution in [2.45, 2.75) is 38.5 Å². The highest BCUT2D eigenvalue weighted by atomic mass is 79.9. The molecule has 0 saturated heterocycles. The summed E-state index contributed by atoms with van der Waals surface area (Å²) in [5.41, 5.74) is 2.33. The monoisotopic (exact) mass is 399 g/mol. The molecule has 7 heteroatoms. The second-order valence-electron chi connectivity index (χ2n) is 5.30. The summed E-state index contributed by atoms with van der Waals surface area (Å²) in [6.07, 6.45) is 0. The maximum atomic E-state index is 12.0. The molecule has 0 aliphatic carbocycles. The molecule has 1 aromatic heterocycles. The summed E-state index contributed by atoms with van der Waals surface area (Å²) in [6, 6.07) is 4.18. The first-order valence-corrected chi connectivity index (χ1v) is 9.49. The standard InChI is InChI=1S/C15H18BrN3OS2/c1-8(2)14-18-19-15(22-14)17-13(20)7-21-12-6-9(3)11(16)5-10(12)4/h5-6,8H,7H2,1-4H3,(H,17,19,20). The molecule has 22 heavy (non-hydrogen) atoms. The number of amides is 1. The van der Waals surface area contributed by atoms with Crippen LogP contribution in [0, 0.1) is 13.8 Å². The van der Waals surface area contributed by atoms with E-state index >= 15 is 0 Å².